The van der Waals surface area contributed by atoms with Crippen LogP contribution < -0.4 is 0 Å². The summed E-state index contributed by atoms with van der Waals surface area (Å²) in [4.78, 5) is 0. The Bertz CT molecular complexity index is 2170. The minimum atomic E-state index is -4.72. The molecule has 0 aromatic heterocycles. The van der Waals surface area contributed by atoms with Crippen molar-refractivity contribution in [2.24, 2.45) is 8.73 Å². The van der Waals surface area contributed by atoms with E-state index in [0.717, 1.165) is 0 Å². The first kappa shape index (κ1) is 58.5. The molecule has 2 rings (SSSR count). The van der Waals surface area contributed by atoms with Crippen molar-refractivity contribution in [3.05, 3.63) is 66.3 Å². The van der Waals surface area contributed by atoms with Gasteiger partial charge in [-0.3, -0.25) is 8.42 Å². The van der Waals surface area contributed by atoms with Crippen molar-refractivity contribution >= 4 is 86.2 Å². The van der Waals surface area contributed by atoms with Gasteiger partial charge in [0.25, 0.3) is 0 Å². The van der Waals surface area contributed by atoms with Gasteiger partial charge in [0.15, 0.2) is 0 Å². The van der Waals surface area contributed by atoms with Crippen LogP contribution in [0.4, 0.5) is 35.1 Å². The Morgan fingerprint density at radius 3 is 1.08 bits per heavy atom. The van der Waals surface area contributed by atoms with E-state index in [-0.39, 0.29) is 22.6 Å². The van der Waals surface area contributed by atoms with Crippen molar-refractivity contribution in [2.45, 2.75) is 125 Å². The third kappa shape index (κ3) is 16.4. The van der Waals surface area contributed by atoms with E-state index in [1.54, 1.807) is 53.7 Å². The first-order chi connectivity index (χ1) is 27.5. The molecule has 0 heterocycles. The van der Waals surface area contributed by atoms with Crippen LogP contribution in [-0.2, 0) is 51.9 Å². The second kappa shape index (κ2) is 21.0. The second-order valence-corrected chi connectivity index (χ2v) is 30.8. The van der Waals surface area contributed by atoms with E-state index in [1.165, 1.54) is 77.9 Å². The van der Waals surface area contributed by atoms with Crippen molar-refractivity contribution in [3.63, 3.8) is 0 Å². The van der Waals surface area contributed by atoms with Crippen molar-refractivity contribution in [1.82, 2.24) is 0 Å². The quantitative estimate of drug-likeness (QED) is 0.136. The SMILES string of the molecule is CC(C)(C)[S@@](=O)C[C@@](C)(C[S@@](=O)(=NCC(F)(F)F)C(C)(C)C#N)c1cc(I)ccc1F.CC(C)(C)[S@@](=O)C[C@@](C)(C[S@](=O)(=NCC(F)(F)F)C(C)(C)C#N)c1cc(I)ccc1F. The van der Waals surface area contributed by atoms with E-state index in [4.69, 9.17) is 0 Å². The van der Waals surface area contributed by atoms with Gasteiger partial charge in [0.2, 0.25) is 0 Å². The molecule has 0 spiro atoms. The van der Waals surface area contributed by atoms with E-state index < -0.39 is 119 Å². The normalized spacial score (nSPS) is 17.9. The monoisotopic (exact) mass is 1190 g/mol. The third-order valence-electron chi connectivity index (χ3n) is 9.49. The Morgan fingerprint density at radius 2 is 0.855 bits per heavy atom. The van der Waals surface area contributed by atoms with Crippen LogP contribution in [0.25, 0.3) is 0 Å². The lowest BCUT2D eigenvalue weighted by Crippen LogP contribution is -2.46. The van der Waals surface area contributed by atoms with Crippen LogP contribution in [0.5, 0.6) is 0 Å². The van der Waals surface area contributed by atoms with Crippen LogP contribution in [-0.4, -0.2) is 84.3 Å². The summed E-state index contributed by atoms with van der Waals surface area (Å²) in [6.07, 6.45) is -9.43. The smallest absolute Gasteiger partial charge is 0.259 e. The highest BCUT2D eigenvalue weighted by atomic mass is 127. The average molecular weight is 1190 g/mol. The molecule has 0 N–H and O–H groups in total. The first-order valence-corrected chi connectivity index (χ1v) is 26.7. The molecule has 62 heavy (non-hydrogen) atoms. The highest BCUT2D eigenvalue weighted by Crippen LogP contribution is 2.38. The highest BCUT2D eigenvalue weighted by molar-refractivity contribution is 14.1. The number of nitrogens with zero attached hydrogens (tertiary/aromatic N) is 4. The second-order valence-electron chi connectivity index (χ2n) is 18.2. The molecule has 352 valence electrons. The van der Waals surface area contributed by atoms with E-state index in [0.29, 0.717) is 7.14 Å². The van der Waals surface area contributed by atoms with Gasteiger partial charge in [-0.15, -0.1) is 0 Å². The Labute approximate surface area is 394 Å². The van der Waals surface area contributed by atoms with Crippen LogP contribution in [0.3, 0.4) is 0 Å². The van der Waals surface area contributed by atoms with Crippen LogP contribution in [0, 0.1) is 41.4 Å². The largest absolute Gasteiger partial charge is 0.408 e. The molecule has 6 atom stereocenters. The van der Waals surface area contributed by atoms with Gasteiger partial charge in [0.05, 0.1) is 31.6 Å². The predicted octanol–water partition coefficient (Wildman–Crippen LogP) is 11.1. The predicted molar refractivity (Wildman–Crippen MR) is 251 cm³/mol. The molecule has 0 aliphatic carbocycles. The number of hydrogen-bond acceptors (Lipinski definition) is 8. The molecule has 2 aromatic carbocycles. The van der Waals surface area contributed by atoms with Crippen molar-refractivity contribution in [1.29, 1.82) is 10.5 Å². The zero-order chi connectivity index (χ0) is 48.9. The maximum atomic E-state index is 14.9. The zero-order valence-corrected chi connectivity index (χ0v) is 44.1. The fourth-order valence-electron chi connectivity index (χ4n) is 5.46. The Kier molecular flexibility index (Phi) is 19.8. The maximum Gasteiger partial charge on any atom is 0.408 e. The van der Waals surface area contributed by atoms with Gasteiger partial charge in [-0.1, -0.05) is 13.8 Å². The number of rotatable bonds is 14. The molecular formula is C40H54F8I2N4O4S4. The summed E-state index contributed by atoms with van der Waals surface area (Å²) >= 11 is 3.92. The van der Waals surface area contributed by atoms with E-state index >= 15 is 0 Å². The van der Waals surface area contributed by atoms with Crippen molar-refractivity contribution in [2.75, 3.05) is 36.1 Å². The molecule has 0 unspecified atom stereocenters. The lowest BCUT2D eigenvalue weighted by molar-refractivity contribution is -0.118. The summed E-state index contributed by atoms with van der Waals surface area (Å²) in [5, 5.41) is 19.1. The summed E-state index contributed by atoms with van der Waals surface area (Å²) in [6.45, 7) is 15.0. The molecular weight excluding hydrogens is 1130 g/mol. The molecule has 2 aromatic rings. The Balaban J connectivity index is 0.000000620. The van der Waals surface area contributed by atoms with Gasteiger partial charge >= 0.3 is 12.4 Å². The molecule has 0 saturated carbocycles. The fraction of sp³-hybridized carbons (Fsp3) is 0.650. The topological polar surface area (TPSA) is 141 Å². The van der Waals surface area contributed by atoms with Gasteiger partial charge in [0, 0.05) is 72.1 Å². The molecule has 0 amide bonds. The molecule has 0 radical (unpaired) electrons. The average Bonchev–Trinajstić information content (AvgIpc) is 3.10. The van der Waals surface area contributed by atoms with Crippen LogP contribution >= 0.6 is 45.2 Å². The molecule has 0 fully saturated rings. The summed E-state index contributed by atoms with van der Waals surface area (Å²) < 4.78 is 164. The molecule has 0 bridgehead atoms. The van der Waals surface area contributed by atoms with E-state index in [1.807, 2.05) is 45.2 Å². The first-order valence-electron chi connectivity index (χ1n) is 18.6. The Hall–Kier alpha value is -1.48. The van der Waals surface area contributed by atoms with E-state index in [2.05, 4.69) is 8.73 Å². The standard InChI is InChI=1S/2C20H27F4IN2O2S2/c2*1-17(2,3)30(28)12-19(6,15-9-14(25)7-8-16(15)21)13-31(29,18(4,5)10-26)27-11-20(22,23)24/h2*7-9H,11-13H2,1-6H3/t19-,30-,31+;19-,30-,31-/m00/s1. The third-order valence-corrected chi connectivity index (χ3v) is 21.9. The number of benzene rings is 2. The molecule has 0 aliphatic rings. The van der Waals surface area contributed by atoms with Crippen LogP contribution in [0.1, 0.15) is 94.2 Å². The van der Waals surface area contributed by atoms with Crippen molar-refractivity contribution in [3.8, 4) is 12.1 Å². The number of nitriles is 2. The van der Waals surface area contributed by atoms with E-state index in [9.17, 15) is 62.5 Å². The minimum Gasteiger partial charge on any atom is -0.259 e. The van der Waals surface area contributed by atoms with Gasteiger partial charge in [-0.25, -0.2) is 25.9 Å². The number of halogens is 10. The van der Waals surface area contributed by atoms with Gasteiger partial charge in [0.1, 0.15) is 34.2 Å². The summed E-state index contributed by atoms with van der Waals surface area (Å²) in [5.74, 6) is -2.71. The summed E-state index contributed by atoms with van der Waals surface area (Å²) in [6, 6.07) is 12.0. The highest BCUT2D eigenvalue weighted by Gasteiger charge is 2.46. The lowest BCUT2D eigenvalue weighted by Gasteiger charge is -2.36. The van der Waals surface area contributed by atoms with Crippen molar-refractivity contribution < 1.29 is 52.0 Å². The lowest BCUT2D eigenvalue weighted by atomic mass is 9.86. The van der Waals surface area contributed by atoms with Gasteiger partial charge < -0.3 is 0 Å². The zero-order valence-electron chi connectivity index (χ0n) is 36.5. The maximum absolute atomic E-state index is 14.9. The van der Waals surface area contributed by atoms with Crippen LogP contribution in [0.15, 0.2) is 45.1 Å². The van der Waals surface area contributed by atoms with Gasteiger partial charge in [-0.05, 0) is 162 Å². The van der Waals surface area contributed by atoms with Crippen LogP contribution in [0.2, 0.25) is 0 Å². The number of hydrogen-bond donors (Lipinski definition) is 0. The summed E-state index contributed by atoms with van der Waals surface area (Å²) in [7, 11) is -10.8. The molecule has 0 aliphatic heterocycles. The fourth-order valence-corrected chi connectivity index (χ4v) is 14.0. The summed E-state index contributed by atoms with van der Waals surface area (Å²) in [5.41, 5.74) is -2.63. The molecule has 22 heteroatoms. The Morgan fingerprint density at radius 1 is 0.581 bits per heavy atom. The number of alkyl halides is 6. The molecule has 8 nitrogen and oxygen atoms in total. The van der Waals surface area contributed by atoms with Gasteiger partial charge in [-0.2, -0.15) is 36.9 Å². The minimum absolute atomic E-state index is 0.0840. The molecule has 0 saturated heterocycles.